The van der Waals surface area contributed by atoms with Crippen molar-refractivity contribution >= 4 is 11.6 Å². The van der Waals surface area contributed by atoms with E-state index in [0.29, 0.717) is 11.3 Å². The van der Waals surface area contributed by atoms with Gasteiger partial charge in [-0.1, -0.05) is 12.8 Å². The van der Waals surface area contributed by atoms with Gasteiger partial charge in [-0.2, -0.15) is 0 Å². The highest BCUT2D eigenvalue weighted by atomic mass is 16.3. The van der Waals surface area contributed by atoms with E-state index in [1.54, 1.807) is 24.3 Å². The molecule has 1 aromatic rings. The number of carbonyl (C=O) groups is 1. The van der Waals surface area contributed by atoms with Gasteiger partial charge in [-0.05, 0) is 37.1 Å². The predicted octanol–water partition coefficient (Wildman–Crippen LogP) is 1.30. The molecule has 4 heteroatoms. The number of amides is 1. The number of nitrogens with two attached hydrogens (primary N) is 1. The molecule has 1 amide bonds. The molecule has 0 saturated heterocycles. The van der Waals surface area contributed by atoms with Crippen LogP contribution in [0.1, 0.15) is 36.0 Å². The molecular weight excluding hydrogens is 216 g/mol. The van der Waals surface area contributed by atoms with Gasteiger partial charge >= 0.3 is 0 Å². The summed E-state index contributed by atoms with van der Waals surface area (Å²) in [6.07, 6.45) is 3.30. The van der Waals surface area contributed by atoms with Gasteiger partial charge < -0.3 is 16.2 Å². The highest BCUT2D eigenvalue weighted by Crippen LogP contribution is 2.18. The highest BCUT2D eigenvalue weighted by molar-refractivity contribution is 5.94. The summed E-state index contributed by atoms with van der Waals surface area (Å²) in [6.45, 7) is 0. The lowest BCUT2D eigenvalue weighted by atomic mass is 9.92. The lowest BCUT2D eigenvalue weighted by Crippen LogP contribution is -2.45. The Hall–Kier alpha value is -1.55. The molecule has 0 bridgehead atoms. The van der Waals surface area contributed by atoms with Crippen molar-refractivity contribution in [1.82, 2.24) is 5.32 Å². The minimum Gasteiger partial charge on any atom is -0.399 e. The van der Waals surface area contributed by atoms with Crippen LogP contribution in [0.15, 0.2) is 24.3 Å². The number of aliphatic hydroxyl groups is 1. The number of hydrogen-bond donors (Lipinski definition) is 3. The van der Waals surface area contributed by atoms with Crippen LogP contribution in [0.3, 0.4) is 0 Å². The molecule has 0 radical (unpaired) electrons. The van der Waals surface area contributed by atoms with Gasteiger partial charge in [0.15, 0.2) is 0 Å². The Kier molecular flexibility index (Phi) is 3.64. The second-order valence-electron chi connectivity index (χ2n) is 4.55. The van der Waals surface area contributed by atoms with Gasteiger partial charge in [-0.3, -0.25) is 4.79 Å². The molecule has 0 spiro atoms. The topological polar surface area (TPSA) is 75.4 Å². The van der Waals surface area contributed by atoms with Crippen LogP contribution in [0.25, 0.3) is 0 Å². The Bertz CT molecular complexity index is 389. The molecular formula is C13H18N2O2. The number of rotatable bonds is 2. The molecule has 2 unspecified atom stereocenters. The van der Waals surface area contributed by atoms with Crippen molar-refractivity contribution < 1.29 is 9.90 Å². The van der Waals surface area contributed by atoms with E-state index in [1.807, 2.05) is 0 Å². The zero-order valence-corrected chi connectivity index (χ0v) is 9.73. The van der Waals surface area contributed by atoms with Crippen LogP contribution in [-0.2, 0) is 0 Å². The molecule has 1 aromatic carbocycles. The van der Waals surface area contributed by atoms with E-state index in [0.717, 1.165) is 25.7 Å². The van der Waals surface area contributed by atoms with E-state index in [-0.39, 0.29) is 11.9 Å². The summed E-state index contributed by atoms with van der Waals surface area (Å²) in [5.74, 6) is -0.143. The Morgan fingerprint density at radius 1 is 1.24 bits per heavy atom. The maximum atomic E-state index is 11.9. The lowest BCUT2D eigenvalue weighted by Gasteiger charge is -2.28. The van der Waals surface area contributed by atoms with Crippen LogP contribution in [0.2, 0.25) is 0 Å². The van der Waals surface area contributed by atoms with Crippen molar-refractivity contribution in [3.8, 4) is 0 Å². The van der Waals surface area contributed by atoms with Gasteiger partial charge in [0, 0.05) is 11.3 Å². The van der Waals surface area contributed by atoms with Crippen molar-refractivity contribution in [2.24, 2.45) is 0 Å². The first-order valence-electron chi connectivity index (χ1n) is 6.01. The minimum absolute atomic E-state index is 0.117. The molecule has 4 nitrogen and oxygen atoms in total. The second-order valence-corrected chi connectivity index (χ2v) is 4.55. The Balaban J connectivity index is 1.98. The monoisotopic (exact) mass is 234 g/mol. The van der Waals surface area contributed by atoms with Gasteiger partial charge in [0.05, 0.1) is 12.1 Å². The molecule has 1 aliphatic rings. The average molecular weight is 234 g/mol. The van der Waals surface area contributed by atoms with Crippen molar-refractivity contribution in [3.05, 3.63) is 29.8 Å². The van der Waals surface area contributed by atoms with Crippen LogP contribution in [0.4, 0.5) is 5.69 Å². The molecule has 2 atom stereocenters. The quantitative estimate of drug-likeness (QED) is 0.675. The zero-order chi connectivity index (χ0) is 12.3. The van der Waals surface area contributed by atoms with Crippen molar-refractivity contribution in [1.29, 1.82) is 0 Å². The Morgan fingerprint density at radius 3 is 2.53 bits per heavy atom. The first kappa shape index (κ1) is 11.9. The van der Waals surface area contributed by atoms with Gasteiger partial charge in [-0.15, -0.1) is 0 Å². The average Bonchev–Trinajstić information content (AvgIpc) is 2.33. The van der Waals surface area contributed by atoms with Crippen LogP contribution in [-0.4, -0.2) is 23.2 Å². The SMILES string of the molecule is Nc1ccc(C(=O)NC2CCCCC2O)cc1. The van der Waals surface area contributed by atoms with E-state index in [9.17, 15) is 9.90 Å². The van der Waals surface area contributed by atoms with Crippen LogP contribution < -0.4 is 11.1 Å². The summed E-state index contributed by atoms with van der Waals surface area (Å²) in [6, 6.07) is 6.67. The third-order valence-electron chi connectivity index (χ3n) is 3.22. The molecule has 0 aliphatic heterocycles. The summed E-state index contributed by atoms with van der Waals surface area (Å²) in [5, 5.41) is 12.6. The molecule has 0 aromatic heterocycles. The highest BCUT2D eigenvalue weighted by Gasteiger charge is 2.24. The second kappa shape index (κ2) is 5.19. The largest absolute Gasteiger partial charge is 0.399 e. The number of carbonyl (C=O) groups excluding carboxylic acids is 1. The van der Waals surface area contributed by atoms with Gasteiger partial charge in [0.25, 0.3) is 5.91 Å². The molecule has 1 aliphatic carbocycles. The fourth-order valence-corrected chi connectivity index (χ4v) is 2.17. The summed E-state index contributed by atoms with van der Waals surface area (Å²) >= 11 is 0. The standard InChI is InChI=1S/C13H18N2O2/c14-10-7-5-9(6-8-10)13(17)15-11-3-1-2-4-12(11)16/h5-8,11-12,16H,1-4,14H2,(H,15,17). The van der Waals surface area contributed by atoms with E-state index in [4.69, 9.17) is 5.73 Å². The predicted molar refractivity (Wildman–Crippen MR) is 66.6 cm³/mol. The van der Waals surface area contributed by atoms with Crippen LogP contribution in [0, 0.1) is 0 Å². The Morgan fingerprint density at radius 2 is 1.88 bits per heavy atom. The van der Waals surface area contributed by atoms with Crippen molar-refractivity contribution in [3.63, 3.8) is 0 Å². The smallest absolute Gasteiger partial charge is 0.251 e. The molecule has 92 valence electrons. The lowest BCUT2D eigenvalue weighted by molar-refractivity contribution is 0.0717. The summed E-state index contributed by atoms with van der Waals surface area (Å²) < 4.78 is 0. The maximum Gasteiger partial charge on any atom is 0.251 e. The first-order chi connectivity index (χ1) is 8.16. The van der Waals surface area contributed by atoms with Crippen LogP contribution in [0.5, 0.6) is 0 Å². The minimum atomic E-state index is -0.415. The van der Waals surface area contributed by atoms with Gasteiger partial charge in [0.2, 0.25) is 0 Å². The molecule has 1 saturated carbocycles. The fraction of sp³-hybridized carbons (Fsp3) is 0.462. The van der Waals surface area contributed by atoms with E-state index in [2.05, 4.69) is 5.32 Å². The maximum absolute atomic E-state index is 11.9. The van der Waals surface area contributed by atoms with Crippen LogP contribution >= 0.6 is 0 Å². The van der Waals surface area contributed by atoms with E-state index < -0.39 is 6.10 Å². The molecule has 2 rings (SSSR count). The third-order valence-corrected chi connectivity index (χ3v) is 3.22. The first-order valence-corrected chi connectivity index (χ1v) is 6.01. The zero-order valence-electron chi connectivity index (χ0n) is 9.73. The van der Waals surface area contributed by atoms with Gasteiger partial charge in [0.1, 0.15) is 0 Å². The van der Waals surface area contributed by atoms with E-state index >= 15 is 0 Å². The molecule has 0 heterocycles. The fourth-order valence-electron chi connectivity index (χ4n) is 2.17. The number of benzene rings is 1. The molecule has 4 N–H and O–H groups in total. The number of aliphatic hydroxyl groups excluding tert-OH is 1. The van der Waals surface area contributed by atoms with Crippen molar-refractivity contribution in [2.45, 2.75) is 37.8 Å². The van der Waals surface area contributed by atoms with E-state index in [1.165, 1.54) is 0 Å². The number of nitrogen functional groups attached to an aromatic ring is 1. The molecule has 1 fully saturated rings. The summed E-state index contributed by atoms with van der Waals surface area (Å²) in [4.78, 5) is 11.9. The van der Waals surface area contributed by atoms with Crippen molar-refractivity contribution in [2.75, 3.05) is 5.73 Å². The number of anilines is 1. The normalized spacial score (nSPS) is 24.3. The number of nitrogens with one attached hydrogen (secondary N) is 1. The number of hydrogen-bond acceptors (Lipinski definition) is 3. The van der Waals surface area contributed by atoms with Gasteiger partial charge in [-0.25, -0.2) is 0 Å². The summed E-state index contributed by atoms with van der Waals surface area (Å²) in [7, 11) is 0. The summed E-state index contributed by atoms with van der Waals surface area (Å²) in [5.41, 5.74) is 6.78. The third kappa shape index (κ3) is 2.97. The molecule has 17 heavy (non-hydrogen) atoms. The Labute approximate surface area is 101 Å².